The number of carbonyl (C=O) groups excluding carboxylic acids is 8. The number of carbonyl (C=O) groups is 8. The van der Waals surface area contributed by atoms with Gasteiger partial charge in [-0.25, -0.2) is 4.79 Å². The lowest BCUT2D eigenvalue weighted by Crippen LogP contribution is -2.61. The fourth-order valence-corrected chi connectivity index (χ4v) is 11.8. The molecule has 4 fully saturated rings. The van der Waals surface area contributed by atoms with Crippen LogP contribution in [0, 0.1) is 11.8 Å². The minimum absolute atomic E-state index is 0.0265. The minimum Gasteiger partial charge on any atom is -0.370 e. The second-order valence-corrected chi connectivity index (χ2v) is 21.5. The third-order valence-electron chi connectivity index (χ3n) is 15.2. The molecule has 1 saturated carbocycles. The average Bonchev–Trinajstić information content (AvgIpc) is 4.08. The summed E-state index contributed by atoms with van der Waals surface area (Å²) < 4.78 is 14.7. The molecule has 390 valence electrons. The molecule has 0 radical (unpaired) electrons. The highest BCUT2D eigenvalue weighted by molar-refractivity contribution is 7.70. The molecule has 4 aliphatic rings. The van der Waals surface area contributed by atoms with Gasteiger partial charge in [0.2, 0.25) is 35.4 Å². The van der Waals surface area contributed by atoms with Crippen molar-refractivity contribution in [2.75, 3.05) is 13.1 Å². The highest BCUT2D eigenvalue weighted by atomic mass is 31.2. The lowest BCUT2D eigenvalue weighted by atomic mass is 9.79. The number of imide groups is 1. The molecule has 0 bridgehead atoms. The van der Waals surface area contributed by atoms with Crippen molar-refractivity contribution in [1.82, 2.24) is 44.9 Å². The number of piperidine rings is 1. The van der Waals surface area contributed by atoms with E-state index in [-0.39, 0.29) is 73.5 Å². The van der Waals surface area contributed by atoms with Crippen LogP contribution in [0.4, 0.5) is 0 Å². The average molecular weight is 1040 g/mol. The zero-order valence-corrected chi connectivity index (χ0v) is 41.6. The molecular formula is C51H59N10O12P. The molecule has 1 unspecified atom stereocenters. The van der Waals surface area contributed by atoms with Crippen molar-refractivity contribution in [2.45, 2.75) is 114 Å². The van der Waals surface area contributed by atoms with Crippen LogP contribution in [0.5, 0.6) is 0 Å². The first-order valence-corrected chi connectivity index (χ1v) is 26.6. The number of hydrogen-bond acceptors (Lipinski definition) is 11. The molecule has 1 aliphatic carbocycles. The van der Waals surface area contributed by atoms with E-state index in [9.17, 15) is 57.5 Å². The number of fused-ring (bicyclic) bond motifs is 3. The monoisotopic (exact) mass is 1030 g/mol. The Hall–Kier alpha value is -7.29. The van der Waals surface area contributed by atoms with Crippen LogP contribution in [-0.2, 0) is 46.8 Å². The Labute approximate surface area is 423 Å². The molecule has 0 spiro atoms. The number of imidazole rings is 1. The summed E-state index contributed by atoms with van der Waals surface area (Å²) in [5.74, 6) is -3.33. The van der Waals surface area contributed by atoms with Crippen LogP contribution < -0.4 is 27.4 Å². The van der Waals surface area contributed by atoms with Gasteiger partial charge in [-0.2, -0.15) is 0 Å². The molecule has 9 rings (SSSR count). The fourth-order valence-electron chi connectivity index (χ4n) is 11.3. The van der Waals surface area contributed by atoms with Crippen LogP contribution in [0.2, 0.25) is 0 Å². The van der Waals surface area contributed by atoms with Crippen molar-refractivity contribution in [3.63, 3.8) is 0 Å². The molecule has 3 saturated heterocycles. The van der Waals surface area contributed by atoms with Crippen LogP contribution in [0.25, 0.3) is 21.9 Å². The summed E-state index contributed by atoms with van der Waals surface area (Å²) in [6, 6.07) is 12.0. The van der Waals surface area contributed by atoms with Crippen LogP contribution in [0.3, 0.4) is 0 Å². The van der Waals surface area contributed by atoms with Crippen LogP contribution in [0.1, 0.15) is 121 Å². The Morgan fingerprint density at radius 3 is 2.41 bits per heavy atom. The maximum atomic E-state index is 15.0. The van der Waals surface area contributed by atoms with Gasteiger partial charge in [0.05, 0.1) is 22.8 Å². The quantitative estimate of drug-likeness (QED) is 0.0587. The summed E-state index contributed by atoms with van der Waals surface area (Å²) in [6.07, 6.45) is 7.58. The zero-order chi connectivity index (χ0) is 52.6. The van der Waals surface area contributed by atoms with E-state index in [4.69, 9.17) is 5.73 Å². The Kier molecular flexibility index (Phi) is 14.8. The molecule has 74 heavy (non-hydrogen) atoms. The summed E-state index contributed by atoms with van der Waals surface area (Å²) >= 11 is 0. The van der Waals surface area contributed by atoms with Crippen LogP contribution in [-0.4, -0.2) is 117 Å². The van der Waals surface area contributed by atoms with Crippen molar-refractivity contribution in [3.8, 4) is 0 Å². The number of benzene rings is 2. The van der Waals surface area contributed by atoms with Gasteiger partial charge in [0.15, 0.2) is 0 Å². The Bertz CT molecular complexity index is 3170. The van der Waals surface area contributed by atoms with Gasteiger partial charge in [0.25, 0.3) is 11.4 Å². The molecular weight excluding hydrogens is 976 g/mol. The molecule has 7 amide bonds. The predicted molar refractivity (Wildman–Crippen MR) is 267 cm³/mol. The van der Waals surface area contributed by atoms with Gasteiger partial charge < -0.3 is 40.9 Å². The van der Waals surface area contributed by atoms with Crippen molar-refractivity contribution >= 4 is 76.4 Å². The predicted octanol–water partition coefficient (Wildman–Crippen LogP) is 2.76. The minimum atomic E-state index is -5.10. The molecule has 23 heteroatoms. The van der Waals surface area contributed by atoms with Gasteiger partial charge in [-0.05, 0) is 131 Å². The van der Waals surface area contributed by atoms with Crippen LogP contribution >= 0.6 is 7.60 Å². The third-order valence-corrected chi connectivity index (χ3v) is 16.0. The Morgan fingerprint density at radius 2 is 1.69 bits per heavy atom. The standard InChI is InChI=1S/C51H59N10O12P/c1-58-42-24-29(9-16-39(42)61(51(58)70)41-18-20-44(63)57-47(41)66)6-5-28-7-10-30(11-8-28)48(67)59-23-21-33-13-17-40(46(65)55-36(15-19-43(52)62)35-4-2-3-22-53-35)60(33)49(68)38(27-59)56-45(64)37-26-32-25-31(12-14-34(32)54-37)50(69)74(71,72)73/h2-4,9,12,14,16,22,24-26,28,30,33,36,38,40-41,54H,5-8,10-11,13,15,17-21,23,27H2,1H3,(H2,52,62)(H,55,65)(H,56,64)(H,57,63,66)(H2,71,72,73)/t28?,30?,33-,36+,38+,40+,41?/m1/s1. The molecule has 3 aromatic heterocycles. The van der Waals surface area contributed by atoms with E-state index >= 15 is 0 Å². The number of aromatic amines is 1. The summed E-state index contributed by atoms with van der Waals surface area (Å²) in [7, 11) is -3.43. The fraction of sp³-hybridized carbons (Fsp3) is 0.451. The summed E-state index contributed by atoms with van der Waals surface area (Å²) in [6.45, 7) is 0.0651. The number of nitrogens with two attached hydrogens (primary N) is 1. The molecule has 3 aliphatic heterocycles. The summed E-state index contributed by atoms with van der Waals surface area (Å²) in [5, 5.41) is 8.45. The van der Waals surface area contributed by atoms with Crippen molar-refractivity contribution in [2.24, 2.45) is 24.6 Å². The van der Waals surface area contributed by atoms with Crippen molar-refractivity contribution in [1.29, 1.82) is 0 Å². The first-order chi connectivity index (χ1) is 35.3. The second kappa shape index (κ2) is 21.3. The zero-order valence-electron chi connectivity index (χ0n) is 40.7. The van der Waals surface area contributed by atoms with E-state index in [1.54, 1.807) is 36.3 Å². The number of nitrogens with one attached hydrogen (secondary N) is 4. The number of nitrogens with zero attached hydrogens (tertiary/aromatic N) is 5. The molecule has 2 aromatic carbocycles. The van der Waals surface area contributed by atoms with E-state index in [2.05, 4.69) is 25.9 Å². The SMILES string of the molecule is Cn1c(=O)n(C2CCC(=O)NC2=O)c2ccc(CCC3CCC(C(=O)N4CC[C@H]5CC[C@@H](C(=O)N[C@@H](CCC(N)=O)c6ccccn6)N5C(=O)[C@@H](NC(=O)c5cc6cc(C(=O)P(=O)(O)O)ccc6[nH]5)C4)CC3)cc21. The van der Waals surface area contributed by atoms with E-state index in [0.29, 0.717) is 65.7 Å². The van der Waals surface area contributed by atoms with E-state index in [1.165, 1.54) is 38.3 Å². The van der Waals surface area contributed by atoms with E-state index in [1.807, 2.05) is 18.2 Å². The molecule has 22 nitrogen and oxygen atoms in total. The van der Waals surface area contributed by atoms with Gasteiger partial charge >= 0.3 is 13.3 Å². The number of amides is 7. The maximum Gasteiger partial charge on any atom is 0.396 e. The Morgan fingerprint density at radius 1 is 0.905 bits per heavy atom. The summed E-state index contributed by atoms with van der Waals surface area (Å²) in [5.41, 5.74) is 6.68. The summed E-state index contributed by atoms with van der Waals surface area (Å²) in [4.78, 5) is 149. The van der Waals surface area contributed by atoms with Crippen LogP contribution in [0.15, 0.2) is 71.7 Å². The highest BCUT2D eigenvalue weighted by Crippen LogP contribution is 2.40. The topological polar surface area (TPSA) is 318 Å². The number of H-pyrrole nitrogens is 1. The van der Waals surface area contributed by atoms with Gasteiger partial charge in [0.1, 0.15) is 23.8 Å². The number of aromatic nitrogens is 4. The van der Waals surface area contributed by atoms with Gasteiger partial charge in [-0.1, -0.05) is 12.1 Å². The number of rotatable bonds is 15. The second-order valence-electron chi connectivity index (χ2n) is 20.0. The van der Waals surface area contributed by atoms with Crippen molar-refractivity contribution < 1.29 is 52.7 Å². The van der Waals surface area contributed by atoms with Gasteiger partial charge in [0, 0.05) is 67.6 Å². The number of primary amides is 1. The number of pyridine rings is 1. The first kappa shape index (κ1) is 51.6. The lowest BCUT2D eigenvalue weighted by Gasteiger charge is -2.40. The van der Waals surface area contributed by atoms with E-state index in [0.717, 1.165) is 31.2 Å². The molecule has 5 atom stereocenters. The normalized spacial score (nSPS) is 22.9. The Balaban J connectivity index is 0.895. The molecule has 5 aromatic rings. The maximum absolute atomic E-state index is 15.0. The van der Waals surface area contributed by atoms with Gasteiger partial charge in [-0.3, -0.25) is 62.4 Å². The molecule has 6 heterocycles. The highest BCUT2D eigenvalue weighted by Gasteiger charge is 2.46. The number of aryl methyl sites for hydroxylation is 2. The largest absolute Gasteiger partial charge is 0.396 e. The molecule has 8 N–H and O–H groups in total. The lowest BCUT2D eigenvalue weighted by molar-refractivity contribution is -0.146. The smallest absolute Gasteiger partial charge is 0.370 e. The van der Waals surface area contributed by atoms with Gasteiger partial charge in [-0.15, -0.1) is 0 Å². The van der Waals surface area contributed by atoms with Crippen molar-refractivity contribution in [3.05, 3.63) is 99.9 Å². The third kappa shape index (κ3) is 10.8. The first-order valence-electron chi connectivity index (χ1n) is 25.0. The number of hydrogen-bond donors (Lipinski definition) is 7. The van der Waals surface area contributed by atoms with E-state index < -0.39 is 72.9 Å².